The van der Waals surface area contributed by atoms with Crippen LogP contribution in [-0.4, -0.2) is 67.1 Å². The predicted octanol–water partition coefficient (Wildman–Crippen LogP) is 2.75. The Morgan fingerprint density at radius 3 is 2.41 bits per heavy atom. The quantitative estimate of drug-likeness (QED) is 0.778. The van der Waals surface area contributed by atoms with Crippen molar-refractivity contribution in [2.75, 3.05) is 51.2 Å². The zero-order chi connectivity index (χ0) is 20.6. The molecule has 0 saturated carbocycles. The summed E-state index contributed by atoms with van der Waals surface area (Å²) in [5.74, 6) is 0.745. The molecule has 1 N–H and O–H groups in total. The van der Waals surface area contributed by atoms with Crippen molar-refractivity contribution < 1.29 is 9.18 Å². The van der Waals surface area contributed by atoms with Crippen molar-refractivity contribution in [2.45, 2.75) is 19.9 Å². The molecule has 1 aliphatic heterocycles. The number of pyridine rings is 1. The average Bonchev–Trinajstić information content (AvgIpc) is 2.77. The fourth-order valence-electron chi connectivity index (χ4n) is 3.36. The summed E-state index contributed by atoms with van der Waals surface area (Å²) in [7, 11) is 1.76. The third-order valence-corrected chi connectivity index (χ3v) is 5.39. The van der Waals surface area contributed by atoms with E-state index in [0.717, 1.165) is 49.7 Å². The molecule has 2 amide bonds. The SMILES string of the molecule is CCN1CCN(c2ccc(CNC(=O)N(C)CCc3ccc(F)cc3)cn2)CC1. The van der Waals surface area contributed by atoms with E-state index in [1.807, 2.05) is 18.3 Å². The molecule has 0 bridgehead atoms. The molecule has 0 aliphatic carbocycles. The smallest absolute Gasteiger partial charge is 0.317 e. The second-order valence-electron chi connectivity index (χ2n) is 7.40. The lowest BCUT2D eigenvalue weighted by molar-refractivity contribution is 0.209. The number of hydrogen-bond acceptors (Lipinski definition) is 4. The lowest BCUT2D eigenvalue weighted by Gasteiger charge is -2.34. The van der Waals surface area contributed by atoms with Crippen LogP contribution in [0.3, 0.4) is 0 Å². The van der Waals surface area contributed by atoms with Crippen LogP contribution in [-0.2, 0) is 13.0 Å². The van der Waals surface area contributed by atoms with Gasteiger partial charge in [0.1, 0.15) is 11.6 Å². The molecule has 1 aromatic carbocycles. The van der Waals surface area contributed by atoms with Crippen LogP contribution in [0, 0.1) is 5.82 Å². The number of nitrogens with zero attached hydrogens (tertiary/aromatic N) is 4. The molecule has 3 rings (SSSR count). The maximum absolute atomic E-state index is 13.0. The molecule has 1 fully saturated rings. The number of anilines is 1. The predicted molar refractivity (Wildman–Crippen MR) is 114 cm³/mol. The second kappa shape index (κ2) is 10.2. The number of nitrogens with one attached hydrogen (secondary N) is 1. The molecule has 7 heteroatoms. The van der Waals surface area contributed by atoms with E-state index in [1.165, 1.54) is 12.1 Å². The summed E-state index contributed by atoms with van der Waals surface area (Å²) >= 11 is 0. The van der Waals surface area contributed by atoms with E-state index in [-0.39, 0.29) is 11.8 Å². The van der Waals surface area contributed by atoms with Crippen LogP contribution >= 0.6 is 0 Å². The molecular formula is C22H30FN5O. The third-order valence-electron chi connectivity index (χ3n) is 5.39. The van der Waals surface area contributed by atoms with Crippen LogP contribution in [0.15, 0.2) is 42.6 Å². The Kier molecular flexibility index (Phi) is 7.41. The van der Waals surface area contributed by atoms with Crippen molar-refractivity contribution in [3.8, 4) is 0 Å². The summed E-state index contributed by atoms with van der Waals surface area (Å²) in [5, 5.41) is 2.92. The number of rotatable bonds is 7. The molecular weight excluding hydrogens is 369 g/mol. The summed E-state index contributed by atoms with van der Waals surface area (Å²) < 4.78 is 13.0. The van der Waals surface area contributed by atoms with Gasteiger partial charge in [-0.05, 0) is 42.3 Å². The molecule has 6 nitrogen and oxygen atoms in total. The lowest BCUT2D eigenvalue weighted by atomic mass is 10.1. The molecule has 156 valence electrons. The van der Waals surface area contributed by atoms with Gasteiger partial charge in [-0.3, -0.25) is 0 Å². The van der Waals surface area contributed by atoms with Crippen molar-refractivity contribution in [1.29, 1.82) is 0 Å². The molecule has 1 aliphatic rings. The minimum atomic E-state index is -0.248. The highest BCUT2D eigenvalue weighted by atomic mass is 19.1. The van der Waals surface area contributed by atoms with Gasteiger partial charge in [0, 0.05) is 52.5 Å². The first kappa shape index (κ1) is 21.0. The van der Waals surface area contributed by atoms with Crippen LogP contribution in [0.5, 0.6) is 0 Å². The summed E-state index contributed by atoms with van der Waals surface area (Å²) in [5.41, 5.74) is 1.98. The van der Waals surface area contributed by atoms with Crippen LogP contribution in [0.1, 0.15) is 18.1 Å². The van der Waals surface area contributed by atoms with Crippen molar-refractivity contribution in [3.63, 3.8) is 0 Å². The first-order valence-corrected chi connectivity index (χ1v) is 10.2. The van der Waals surface area contributed by atoms with E-state index in [2.05, 4.69) is 27.0 Å². The highest BCUT2D eigenvalue weighted by Crippen LogP contribution is 2.14. The Hall–Kier alpha value is -2.67. The van der Waals surface area contributed by atoms with E-state index in [4.69, 9.17) is 0 Å². The highest BCUT2D eigenvalue weighted by Gasteiger charge is 2.16. The van der Waals surface area contributed by atoms with Crippen LogP contribution in [0.2, 0.25) is 0 Å². The normalized spacial score (nSPS) is 14.7. The minimum Gasteiger partial charge on any atom is -0.354 e. The topological polar surface area (TPSA) is 51.7 Å². The highest BCUT2D eigenvalue weighted by molar-refractivity contribution is 5.73. The molecule has 0 radical (unpaired) electrons. The number of halogens is 1. The van der Waals surface area contributed by atoms with E-state index in [1.54, 1.807) is 24.1 Å². The van der Waals surface area contributed by atoms with E-state index < -0.39 is 0 Å². The van der Waals surface area contributed by atoms with E-state index in [9.17, 15) is 9.18 Å². The lowest BCUT2D eigenvalue weighted by Crippen LogP contribution is -2.46. The number of hydrogen-bond donors (Lipinski definition) is 1. The number of piperazine rings is 1. The van der Waals surface area contributed by atoms with Gasteiger partial charge in [0.25, 0.3) is 0 Å². The number of urea groups is 1. The number of benzene rings is 1. The van der Waals surface area contributed by atoms with Gasteiger partial charge in [-0.25, -0.2) is 14.2 Å². The maximum atomic E-state index is 13.0. The molecule has 1 aromatic heterocycles. The Morgan fingerprint density at radius 1 is 1.10 bits per heavy atom. The zero-order valence-corrected chi connectivity index (χ0v) is 17.3. The van der Waals surface area contributed by atoms with E-state index in [0.29, 0.717) is 19.5 Å². The zero-order valence-electron chi connectivity index (χ0n) is 17.3. The van der Waals surface area contributed by atoms with Crippen molar-refractivity contribution in [2.24, 2.45) is 0 Å². The standard InChI is InChI=1S/C22H30FN5O/c1-3-27-12-14-28(15-13-27)21-9-6-19(16-24-21)17-25-22(29)26(2)11-10-18-4-7-20(23)8-5-18/h4-9,16H,3,10-15,17H2,1-2H3,(H,25,29). The summed E-state index contributed by atoms with van der Waals surface area (Å²) in [6.45, 7) is 8.43. The van der Waals surface area contributed by atoms with Gasteiger partial charge < -0.3 is 20.0 Å². The monoisotopic (exact) mass is 399 g/mol. The Morgan fingerprint density at radius 2 is 1.79 bits per heavy atom. The number of carbonyl (C=O) groups is 1. The average molecular weight is 400 g/mol. The van der Waals surface area contributed by atoms with Gasteiger partial charge in [-0.1, -0.05) is 25.1 Å². The molecule has 29 heavy (non-hydrogen) atoms. The van der Waals surface area contributed by atoms with Gasteiger partial charge in [0.15, 0.2) is 0 Å². The first-order valence-electron chi connectivity index (χ1n) is 10.2. The van der Waals surface area contributed by atoms with Gasteiger partial charge >= 0.3 is 6.03 Å². The minimum absolute atomic E-state index is 0.133. The summed E-state index contributed by atoms with van der Waals surface area (Å²) in [4.78, 5) is 23.2. The van der Waals surface area contributed by atoms with Crippen LogP contribution in [0.4, 0.5) is 15.0 Å². The first-order chi connectivity index (χ1) is 14.0. The van der Waals surface area contributed by atoms with Crippen molar-refractivity contribution in [1.82, 2.24) is 20.1 Å². The van der Waals surface area contributed by atoms with Gasteiger partial charge in [0.2, 0.25) is 0 Å². The number of aromatic nitrogens is 1. The van der Waals surface area contributed by atoms with Crippen molar-refractivity contribution in [3.05, 3.63) is 59.5 Å². The number of carbonyl (C=O) groups excluding carboxylic acids is 1. The molecule has 1 saturated heterocycles. The molecule has 2 heterocycles. The fraction of sp³-hybridized carbons (Fsp3) is 0.455. The Balaban J connectivity index is 1.42. The van der Waals surface area contributed by atoms with Crippen molar-refractivity contribution >= 4 is 11.8 Å². The van der Waals surface area contributed by atoms with Crippen LogP contribution < -0.4 is 10.2 Å². The largest absolute Gasteiger partial charge is 0.354 e. The third kappa shape index (κ3) is 6.15. The van der Waals surface area contributed by atoms with Gasteiger partial charge in [-0.2, -0.15) is 0 Å². The molecule has 2 aromatic rings. The van der Waals surface area contributed by atoms with Gasteiger partial charge in [-0.15, -0.1) is 0 Å². The second-order valence-corrected chi connectivity index (χ2v) is 7.40. The van der Waals surface area contributed by atoms with E-state index >= 15 is 0 Å². The maximum Gasteiger partial charge on any atom is 0.317 e. The number of amides is 2. The van der Waals surface area contributed by atoms with Gasteiger partial charge in [0.05, 0.1) is 0 Å². The Labute approximate surface area is 172 Å². The summed E-state index contributed by atoms with van der Waals surface area (Å²) in [6.07, 6.45) is 2.52. The fourth-order valence-corrected chi connectivity index (χ4v) is 3.36. The number of likely N-dealkylation sites (N-methyl/N-ethyl adjacent to an activating group) is 2. The molecule has 0 atom stereocenters. The molecule has 0 spiro atoms. The Bertz CT molecular complexity index is 773. The molecule has 0 unspecified atom stereocenters. The van der Waals surface area contributed by atoms with Crippen LogP contribution in [0.25, 0.3) is 0 Å². The summed E-state index contributed by atoms with van der Waals surface area (Å²) in [6, 6.07) is 10.3.